The molecule has 4 aromatic rings. The van der Waals surface area contributed by atoms with Gasteiger partial charge in [-0.25, -0.2) is 0 Å². The lowest BCUT2D eigenvalue weighted by atomic mass is 9.90. The lowest BCUT2D eigenvalue weighted by molar-refractivity contribution is 1.34. The molecule has 126 valence electrons. The molecule has 0 radical (unpaired) electrons. The molecule has 0 atom stereocenters. The van der Waals surface area contributed by atoms with Crippen molar-refractivity contribution >= 4 is 0 Å². The van der Waals surface area contributed by atoms with Gasteiger partial charge in [-0.1, -0.05) is 84.9 Å². The van der Waals surface area contributed by atoms with E-state index in [2.05, 4.69) is 111 Å². The highest BCUT2D eigenvalue weighted by molar-refractivity contribution is 5.79. The van der Waals surface area contributed by atoms with Crippen molar-refractivity contribution in [1.29, 1.82) is 0 Å². The zero-order chi connectivity index (χ0) is 17.9. The standard InChI is InChI=1S/C26H22/c1-19-16-25(22-12-7-4-8-13-22)18-26(20(19)2)24-15-9-14-23(17-24)21-10-5-3-6-11-21/h3-18H,1-2H3. The van der Waals surface area contributed by atoms with Crippen molar-refractivity contribution in [3.8, 4) is 33.4 Å². The summed E-state index contributed by atoms with van der Waals surface area (Å²) in [4.78, 5) is 0. The second-order valence-corrected chi connectivity index (χ2v) is 6.78. The minimum absolute atomic E-state index is 1.25. The van der Waals surface area contributed by atoms with E-state index in [0.717, 1.165) is 0 Å². The van der Waals surface area contributed by atoms with Crippen LogP contribution in [0.1, 0.15) is 11.1 Å². The number of rotatable bonds is 3. The predicted molar refractivity (Wildman–Crippen MR) is 112 cm³/mol. The van der Waals surface area contributed by atoms with Crippen molar-refractivity contribution in [3.05, 3.63) is 108 Å². The summed E-state index contributed by atoms with van der Waals surface area (Å²) < 4.78 is 0. The van der Waals surface area contributed by atoms with Crippen LogP contribution in [0, 0.1) is 13.8 Å². The summed E-state index contributed by atoms with van der Waals surface area (Å²) in [5.74, 6) is 0. The van der Waals surface area contributed by atoms with Crippen LogP contribution >= 0.6 is 0 Å². The maximum atomic E-state index is 2.32. The second-order valence-electron chi connectivity index (χ2n) is 6.78. The SMILES string of the molecule is Cc1cc(-c2ccccc2)cc(-c2cccc(-c3ccccc3)c2)c1C. The largest absolute Gasteiger partial charge is 0.0622 e. The first-order valence-corrected chi connectivity index (χ1v) is 9.05. The minimum atomic E-state index is 1.25. The van der Waals surface area contributed by atoms with Gasteiger partial charge in [-0.2, -0.15) is 0 Å². The van der Waals surface area contributed by atoms with Crippen molar-refractivity contribution < 1.29 is 0 Å². The average Bonchev–Trinajstić information content (AvgIpc) is 2.71. The molecule has 0 nitrogen and oxygen atoms in total. The monoisotopic (exact) mass is 334 g/mol. The van der Waals surface area contributed by atoms with Gasteiger partial charge in [-0.15, -0.1) is 0 Å². The molecule has 0 heterocycles. The minimum Gasteiger partial charge on any atom is -0.0622 e. The van der Waals surface area contributed by atoms with Crippen LogP contribution in [0.25, 0.3) is 33.4 Å². The molecule has 0 N–H and O–H groups in total. The summed E-state index contributed by atoms with van der Waals surface area (Å²) in [6.45, 7) is 4.42. The van der Waals surface area contributed by atoms with E-state index in [1.54, 1.807) is 0 Å². The maximum Gasteiger partial charge on any atom is -0.0146 e. The Morgan fingerprint density at radius 2 is 0.962 bits per heavy atom. The lowest BCUT2D eigenvalue weighted by Gasteiger charge is -2.14. The Labute approximate surface area is 155 Å². The molecule has 0 amide bonds. The van der Waals surface area contributed by atoms with E-state index in [0.29, 0.717) is 0 Å². The molecule has 0 fully saturated rings. The molecule has 26 heavy (non-hydrogen) atoms. The van der Waals surface area contributed by atoms with Crippen molar-refractivity contribution in [2.24, 2.45) is 0 Å². The molecule has 0 heteroatoms. The fourth-order valence-corrected chi connectivity index (χ4v) is 3.45. The van der Waals surface area contributed by atoms with Gasteiger partial charge in [-0.05, 0) is 70.5 Å². The molecule has 0 unspecified atom stereocenters. The molecule has 0 spiro atoms. The zero-order valence-corrected chi connectivity index (χ0v) is 15.2. The van der Waals surface area contributed by atoms with E-state index in [9.17, 15) is 0 Å². The molecule has 0 aliphatic rings. The van der Waals surface area contributed by atoms with E-state index in [-0.39, 0.29) is 0 Å². The smallest absolute Gasteiger partial charge is 0.0146 e. The molecular formula is C26H22. The fourth-order valence-electron chi connectivity index (χ4n) is 3.45. The van der Waals surface area contributed by atoms with Gasteiger partial charge in [0, 0.05) is 0 Å². The van der Waals surface area contributed by atoms with Gasteiger partial charge in [0.1, 0.15) is 0 Å². The maximum absolute atomic E-state index is 2.32. The molecule has 0 aliphatic heterocycles. The molecule has 0 aromatic heterocycles. The molecule has 0 bridgehead atoms. The van der Waals surface area contributed by atoms with Gasteiger partial charge in [0.25, 0.3) is 0 Å². The molecule has 0 saturated carbocycles. The topological polar surface area (TPSA) is 0 Å². The van der Waals surface area contributed by atoms with Gasteiger partial charge < -0.3 is 0 Å². The molecule has 4 aromatic carbocycles. The fraction of sp³-hybridized carbons (Fsp3) is 0.0769. The van der Waals surface area contributed by atoms with Crippen molar-refractivity contribution in [3.63, 3.8) is 0 Å². The van der Waals surface area contributed by atoms with Crippen LogP contribution in [0.2, 0.25) is 0 Å². The number of hydrogen-bond donors (Lipinski definition) is 0. The summed E-state index contributed by atoms with van der Waals surface area (Å²) >= 11 is 0. The van der Waals surface area contributed by atoms with E-state index in [4.69, 9.17) is 0 Å². The van der Waals surface area contributed by atoms with Crippen LogP contribution in [0.15, 0.2) is 97.1 Å². The van der Waals surface area contributed by atoms with Gasteiger partial charge in [-0.3, -0.25) is 0 Å². The summed E-state index contributed by atoms with van der Waals surface area (Å²) in [6.07, 6.45) is 0. The Morgan fingerprint density at radius 1 is 0.423 bits per heavy atom. The van der Waals surface area contributed by atoms with Crippen LogP contribution in [-0.2, 0) is 0 Å². The van der Waals surface area contributed by atoms with Crippen molar-refractivity contribution in [2.45, 2.75) is 13.8 Å². The van der Waals surface area contributed by atoms with E-state index in [1.165, 1.54) is 44.5 Å². The number of hydrogen-bond acceptors (Lipinski definition) is 0. The Morgan fingerprint density at radius 3 is 1.62 bits per heavy atom. The quantitative estimate of drug-likeness (QED) is 0.368. The summed E-state index contributed by atoms with van der Waals surface area (Å²) in [5, 5.41) is 0. The molecule has 4 rings (SSSR count). The summed E-state index contributed by atoms with van der Waals surface area (Å²) in [6, 6.07) is 34.6. The highest BCUT2D eigenvalue weighted by Crippen LogP contribution is 2.33. The van der Waals surface area contributed by atoms with E-state index in [1.807, 2.05) is 0 Å². The van der Waals surface area contributed by atoms with Crippen molar-refractivity contribution in [2.75, 3.05) is 0 Å². The first kappa shape index (κ1) is 16.4. The van der Waals surface area contributed by atoms with Crippen LogP contribution < -0.4 is 0 Å². The highest BCUT2D eigenvalue weighted by atomic mass is 14.1. The first-order chi connectivity index (χ1) is 12.7. The Kier molecular flexibility index (Phi) is 4.41. The third kappa shape index (κ3) is 3.19. The summed E-state index contributed by atoms with van der Waals surface area (Å²) in [7, 11) is 0. The van der Waals surface area contributed by atoms with Crippen LogP contribution in [0.3, 0.4) is 0 Å². The lowest BCUT2D eigenvalue weighted by Crippen LogP contribution is -1.91. The third-order valence-electron chi connectivity index (χ3n) is 5.06. The zero-order valence-electron chi connectivity index (χ0n) is 15.2. The molecule has 0 aliphatic carbocycles. The van der Waals surface area contributed by atoms with Gasteiger partial charge in [0.15, 0.2) is 0 Å². The van der Waals surface area contributed by atoms with E-state index >= 15 is 0 Å². The third-order valence-corrected chi connectivity index (χ3v) is 5.06. The van der Waals surface area contributed by atoms with Gasteiger partial charge >= 0.3 is 0 Å². The number of aryl methyl sites for hydroxylation is 1. The van der Waals surface area contributed by atoms with Crippen LogP contribution in [-0.4, -0.2) is 0 Å². The first-order valence-electron chi connectivity index (χ1n) is 9.05. The Hall–Kier alpha value is -3.12. The molecule has 0 saturated heterocycles. The molecular weight excluding hydrogens is 312 g/mol. The number of benzene rings is 4. The van der Waals surface area contributed by atoms with Crippen molar-refractivity contribution in [1.82, 2.24) is 0 Å². The summed E-state index contributed by atoms with van der Waals surface area (Å²) in [5.41, 5.74) is 10.3. The van der Waals surface area contributed by atoms with E-state index < -0.39 is 0 Å². The Balaban J connectivity index is 1.85. The Bertz CT molecular complexity index is 1030. The predicted octanol–water partition coefficient (Wildman–Crippen LogP) is 7.30. The van der Waals surface area contributed by atoms with Crippen LogP contribution in [0.4, 0.5) is 0 Å². The van der Waals surface area contributed by atoms with Gasteiger partial charge in [0.05, 0.1) is 0 Å². The van der Waals surface area contributed by atoms with Crippen LogP contribution in [0.5, 0.6) is 0 Å². The van der Waals surface area contributed by atoms with Gasteiger partial charge in [0.2, 0.25) is 0 Å². The normalized spacial score (nSPS) is 10.7. The average molecular weight is 334 g/mol. The second kappa shape index (κ2) is 7.01. The highest BCUT2D eigenvalue weighted by Gasteiger charge is 2.09.